The molecule has 0 N–H and O–H groups in total. The number of nitrogens with zero attached hydrogens (tertiary/aromatic N) is 2. The summed E-state index contributed by atoms with van der Waals surface area (Å²) in [6, 6.07) is 0. The van der Waals surface area contributed by atoms with Crippen molar-refractivity contribution in [2.24, 2.45) is 0 Å². The zero-order valence-electron chi connectivity index (χ0n) is 5.87. The topological polar surface area (TPSA) is 25.8 Å². The van der Waals surface area contributed by atoms with Crippen molar-refractivity contribution in [2.45, 2.75) is 6.92 Å². The van der Waals surface area contributed by atoms with Gasteiger partial charge in [-0.2, -0.15) is 0 Å². The van der Waals surface area contributed by atoms with E-state index in [4.69, 9.17) is 0 Å². The molecule has 0 aliphatic heterocycles. The van der Waals surface area contributed by atoms with E-state index in [0.717, 1.165) is 10.7 Å². The maximum atomic E-state index is 4.16. The Morgan fingerprint density at radius 2 is 2.45 bits per heavy atom. The lowest BCUT2D eigenvalue weighted by molar-refractivity contribution is 1.32. The summed E-state index contributed by atoms with van der Waals surface area (Å²) in [6.45, 7) is 2.03. The van der Waals surface area contributed by atoms with Crippen LogP contribution in [-0.4, -0.2) is 9.97 Å². The van der Waals surface area contributed by atoms with Crippen LogP contribution in [0.4, 0.5) is 0 Å². The van der Waals surface area contributed by atoms with Gasteiger partial charge >= 0.3 is 0 Å². The van der Waals surface area contributed by atoms with E-state index in [1.54, 1.807) is 17.5 Å². The van der Waals surface area contributed by atoms with Crippen molar-refractivity contribution in [1.82, 2.24) is 9.97 Å². The molecule has 2 heterocycles. The molecule has 0 bridgehead atoms. The van der Waals surface area contributed by atoms with Crippen LogP contribution in [0.15, 0.2) is 11.6 Å². The Labute approximate surface area is 72.6 Å². The monoisotopic (exact) mass is 181 g/mol. The molecule has 0 aromatic carbocycles. The van der Waals surface area contributed by atoms with Crippen molar-refractivity contribution >= 4 is 22.7 Å². The molecule has 1 radical (unpaired) electrons. The van der Waals surface area contributed by atoms with Gasteiger partial charge < -0.3 is 0 Å². The minimum Gasteiger partial charge on any atom is -0.243 e. The Kier molecular flexibility index (Phi) is 1.71. The first-order chi connectivity index (χ1) is 5.38. The molecule has 2 aromatic heterocycles. The van der Waals surface area contributed by atoms with Crippen molar-refractivity contribution in [3.8, 4) is 10.7 Å². The number of aryl methyl sites for hydroxylation is 1. The average molecular weight is 181 g/mol. The van der Waals surface area contributed by atoms with Crippen LogP contribution >= 0.6 is 22.7 Å². The van der Waals surface area contributed by atoms with E-state index in [0.29, 0.717) is 0 Å². The van der Waals surface area contributed by atoms with Gasteiger partial charge in [0.15, 0.2) is 5.51 Å². The molecule has 0 unspecified atom stereocenters. The minimum absolute atomic E-state index is 0.977. The number of thiazole rings is 2. The first-order valence-electron chi connectivity index (χ1n) is 3.11. The molecule has 0 aliphatic carbocycles. The van der Waals surface area contributed by atoms with Crippen molar-refractivity contribution in [3.05, 3.63) is 22.0 Å². The molecule has 0 spiro atoms. The van der Waals surface area contributed by atoms with E-state index >= 15 is 0 Å². The molecule has 0 saturated carbocycles. The molecule has 55 valence electrons. The summed E-state index contributed by atoms with van der Waals surface area (Å²) in [5.74, 6) is 0. The van der Waals surface area contributed by atoms with Crippen molar-refractivity contribution in [2.75, 3.05) is 0 Å². The van der Waals surface area contributed by atoms with E-state index < -0.39 is 0 Å². The molecule has 0 fully saturated rings. The summed E-state index contributed by atoms with van der Waals surface area (Å²) in [5, 5.41) is 2.94. The third-order valence-corrected chi connectivity index (χ3v) is 2.79. The molecular formula is C7H5N2S2. The fourth-order valence-corrected chi connectivity index (χ4v) is 2.06. The lowest BCUT2D eigenvalue weighted by Gasteiger charge is -1.88. The zero-order valence-corrected chi connectivity index (χ0v) is 7.50. The zero-order chi connectivity index (χ0) is 7.68. The summed E-state index contributed by atoms with van der Waals surface area (Å²) in [6.07, 6.45) is 1.79. The summed E-state index contributed by atoms with van der Waals surface area (Å²) in [7, 11) is 0. The number of aromatic nitrogens is 2. The van der Waals surface area contributed by atoms with Gasteiger partial charge in [0.1, 0.15) is 10.7 Å². The Bertz CT molecular complexity index is 337. The van der Waals surface area contributed by atoms with E-state index in [-0.39, 0.29) is 0 Å². The molecule has 2 rings (SSSR count). The van der Waals surface area contributed by atoms with Gasteiger partial charge in [-0.25, -0.2) is 9.97 Å². The van der Waals surface area contributed by atoms with Crippen LogP contribution in [0.1, 0.15) is 4.88 Å². The Hall–Kier alpha value is -0.740. The average Bonchev–Trinajstić information content (AvgIpc) is 2.55. The predicted octanol–water partition coefficient (Wildman–Crippen LogP) is 2.38. The number of hydrogen-bond donors (Lipinski definition) is 0. The van der Waals surface area contributed by atoms with Crippen LogP contribution in [0.2, 0.25) is 0 Å². The van der Waals surface area contributed by atoms with Crippen LogP contribution in [-0.2, 0) is 0 Å². The minimum atomic E-state index is 0.977. The van der Waals surface area contributed by atoms with Gasteiger partial charge in [-0.1, -0.05) is 0 Å². The standard InChI is InChI=1S/C7H5N2S2/c1-5-6(9-4-11-5)7-8-2-3-10-7/h2-3H,1H3. The highest BCUT2D eigenvalue weighted by Gasteiger charge is 2.06. The van der Waals surface area contributed by atoms with Gasteiger partial charge in [0, 0.05) is 16.5 Å². The normalized spacial score (nSPS) is 10.3. The van der Waals surface area contributed by atoms with Crippen LogP contribution in [0, 0.1) is 12.4 Å². The van der Waals surface area contributed by atoms with Gasteiger partial charge in [-0.3, -0.25) is 0 Å². The second-order valence-electron chi connectivity index (χ2n) is 2.05. The van der Waals surface area contributed by atoms with Gasteiger partial charge in [-0.15, -0.1) is 22.7 Å². The molecule has 4 heteroatoms. The fraction of sp³-hybridized carbons (Fsp3) is 0.143. The van der Waals surface area contributed by atoms with Crippen LogP contribution in [0.3, 0.4) is 0 Å². The summed E-state index contributed by atoms with van der Waals surface area (Å²) >= 11 is 3.14. The Balaban J connectivity index is 2.53. The van der Waals surface area contributed by atoms with Gasteiger partial charge in [-0.05, 0) is 6.92 Å². The second-order valence-corrected chi connectivity index (χ2v) is 3.94. The summed E-state index contributed by atoms with van der Waals surface area (Å²) in [5.41, 5.74) is 3.82. The number of rotatable bonds is 1. The Morgan fingerprint density at radius 1 is 1.55 bits per heavy atom. The highest BCUT2D eigenvalue weighted by Crippen LogP contribution is 2.25. The van der Waals surface area contributed by atoms with Crippen LogP contribution in [0.5, 0.6) is 0 Å². The van der Waals surface area contributed by atoms with Crippen molar-refractivity contribution < 1.29 is 0 Å². The lowest BCUT2D eigenvalue weighted by Crippen LogP contribution is -1.76. The number of hydrogen-bond acceptors (Lipinski definition) is 4. The second kappa shape index (κ2) is 2.71. The third kappa shape index (κ3) is 1.19. The maximum absolute atomic E-state index is 4.16. The van der Waals surface area contributed by atoms with Crippen molar-refractivity contribution in [1.29, 1.82) is 0 Å². The molecule has 0 aliphatic rings. The maximum Gasteiger partial charge on any atom is 0.153 e. The molecule has 2 nitrogen and oxygen atoms in total. The van der Waals surface area contributed by atoms with Crippen LogP contribution < -0.4 is 0 Å². The fourth-order valence-electron chi connectivity index (χ4n) is 0.803. The molecular weight excluding hydrogens is 176 g/mol. The molecule has 0 saturated heterocycles. The third-order valence-electron chi connectivity index (χ3n) is 1.32. The highest BCUT2D eigenvalue weighted by molar-refractivity contribution is 7.14. The summed E-state index contributed by atoms with van der Waals surface area (Å²) in [4.78, 5) is 9.44. The predicted molar refractivity (Wildman–Crippen MR) is 46.8 cm³/mol. The van der Waals surface area contributed by atoms with E-state index in [9.17, 15) is 0 Å². The van der Waals surface area contributed by atoms with E-state index in [2.05, 4.69) is 15.5 Å². The van der Waals surface area contributed by atoms with Gasteiger partial charge in [0.05, 0.1) is 0 Å². The van der Waals surface area contributed by atoms with Crippen molar-refractivity contribution in [3.63, 3.8) is 0 Å². The quantitative estimate of drug-likeness (QED) is 0.675. The molecule has 2 aromatic rings. The van der Waals surface area contributed by atoms with Gasteiger partial charge in [0.25, 0.3) is 0 Å². The lowest BCUT2D eigenvalue weighted by atomic mass is 10.4. The Morgan fingerprint density at radius 3 is 3.00 bits per heavy atom. The molecule has 0 atom stereocenters. The molecule has 0 amide bonds. The first kappa shape index (κ1) is 6.94. The molecule has 11 heavy (non-hydrogen) atoms. The highest BCUT2D eigenvalue weighted by atomic mass is 32.1. The van der Waals surface area contributed by atoms with Crippen LogP contribution in [0.25, 0.3) is 10.7 Å². The largest absolute Gasteiger partial charge is 0.243 e. The summed E-state index contributed by atoms with van der Waals surface area (Å²) < 4.78 is 0. The van der Waals surface area contributed by atoms with E-state index in [1.165, 1.54) is 16.2 Å². The van der Waals surface area contributed by atoms with Gasteiger partial charge in [0.2, 0.25) is 0 Å². The SMILES string of the molecule is Cc1s[c]nc1-c1nccs1. The smallest absolute Gasteiger partial charge is 0.153 e. The first-order valence-corrected chi connectivity index (χ1v) is 4.81. The van der Waals surface area contributed by atoms with E-state index in [1.807, 2.05) is 12.3 Å².